The summed E-state index contributed by atoms with van der Waals surface area (Å²) in [5.74, 6) is -1.79. The lowest BCUT2D eigenvalue weighted by atomic mass is 9.91. The van der Waals surface area contributed by atoms with Crippen LogP contribution in [0.15, 0.2) is 18.2 Å². The lowest BCUT2D eigenvalue weighted by Crippen LogP contribution is -2.50. The van der Waals surface area contributed by atoms with Gasteiger partial charge in [-0.15, -0.1) is 0 Å². The van der Waals surface area contributed by atoms with Crippen LogP contribution >= 0.6 is 0 Å². The summed E-state index contributed by atoms with van der Waals surface area (Å²) in [6.45, 7) is 2.51. The van der Waals surface area contributed by atoms with Crippen molar-refractivity contribution in [1.29, 1.82) is 0 Å². The van der Waals surface area contributed by atoms with Gasteiger partial charge in [-0.1, -0.05) is 31.4 Å². The molecule has 2 rings (SSSR count). The fourth-order valence-electron chi connectivity index (χ4n) is 3.25. The van der Waals surface area contributed by atoms with Crippen LogP contribution in [-0.4, -0.2) is 35.9 Å². The number of urea groups is 1. The summed E-state index contributed by atoms with van der Waals surface area (Å²) in [7, 11) is 0. The Kier molecular flexibility index (Phi) is 6.92. The zero-order valence-corrected chi connectivity index (χ0v) is 15.9. The zero-order chi connectivity index (χ0) is 20.9. The van der Waals surface area contributed by atoms with Crippen molar-refractivity contribution >= 4 is 17.7 Å². The number of amides is 2. The molecule has 1 aromatic carbocycles. The predicted molar refractivity (Wildman–Crippen MR) is 96.8 cm³/mol. The van der Waals surface area contributed by atoms with Gasteiger partial charge in [0.15, 0.2) is 0 Å². The maximum atomic E-state index is 13.4. The molecule has 0 aliphatic heterocycles. The standard InChI is InChI=1S/C19H25F3N2O4/c1-3-28-16(25)18(27,19(20,21)22)13-9-10-15(12(2)11-13)24-17(26)23-14-7-5-4-6-8-14/h9-11,14,27H,3-8H2,1-2H3,(H2,23,24,26). The van der Waals surface area contributed by atoms with E-state index in [-0.39, 0.29) is 23.9 Å². The molecule has 3 N–H and O–H groups in total. The predicted octanol–water partition coefficient (Wildman–Crippen LogP) is 3.76. The highest BCUT2D eigenvalue weighted by Gasteiger charge is 2.62. The fourth-order valence-corrected chi connectivity index (χ4v) is 3.25. The van der Waals surface area contributed by atoms with Crippen LogP contribution in [0.1, 0.15) is 50.2 Å². The van der Waals surface area contributed by atoms with E-state index in [1.165, 1.54) is 19.9 Å². The Bertz CT molecular complexity index is 718. The zero-order valence-electron chi connectivity index (χ0n) is 15.9. The number of benzene rings is 1. The number of esters is 1. The van der Waals surface area contributed by atoms with Gasteiger partial charge in [0.25, 0.3) is 5.60 Å². The average Bonchev–Trinajstić information content (AvgIpc) is 2.62. The van der Waals surface area contributed by atoms with E-state index in [1.807, 2.05) is 0 Å². The third-order valence-electron chi connectivity index (χ3n) is 4.81. The number of nitrogens with one attached hydrogen (secondary N) is 2. The SMILES string of the molecule is CCOC(=O)C(O)(c1ccc(NC(=O)NC2CCCCC2)c(C)c1)C(F)(F)F. The molecular weight excluding hydrogens is 377 g/mol. The molecule has 0 spiro atoms. The number of carbonyl (C=O) groups excluding carboxylic acids is 2. The van der Waals surface area contributed by atoms with Crippen LogP contribution in [0.3, 0.4) is 0 Å². The topological polar surface area (TPSA) is 87.7 Å². The number of carbonyl (C=O) groups is 2. The third kappa shape index (κ3) is 4.76. The van der Waals surface area contributed by atoms with E-state index in [0.29, 0.717) is 0 Å². The maximum absolute atomic E-state index is 13.4. The number of hydrogen-bond acceptors (Lipinski definition) is 4. The van der Waals surface area contributed by atoms with Gasteiger partial charge in [-0.2, -0.15) is 13.2 Å². The molecule has 1 atom stereocenters. The van der Waals surface area contributed by atoms with Gasteiger partial charge in [-0.05, 0) is 38.3 Å². The van der Waals surface area contributed by atoms with E-state index >= 15 is 0 Å². The second kappa shape index (κ2) is 8.81. The van der Waals surface area contributed by atoms with Gasteiger partial charge < -0.3 is 20.5 Å². The van der Waals surface area contributed by atoms with Crippen LogP contribution in [0.5, 0.6) is 0 Å². The molecular formula is C19H25F3N2O4. The van der Waals surface area contributed by atoms with Crippen LogP contribution in [0.4, 0.5) is 23.7 Å². The van der Waals surface area contributed by atoms with Crippen molar-refractivity contribution in [2.24, 2.45) is 0 Å². The molecule has 0 aromatic heterocycles. The molecule has 0 saturated heterocycles. The van der Waals surface area contributed by atoms with Gasteiger partial charge >= 0.3 is 18.2 Å². The van der Waals surface area contributed by atoms with Crippen molar-refractivity contribution in [3.63, 3.8) is 0 Å². The van der Waals surface area contributed by atoms with Gasteiger partial charge in [0.05, 0.1) is 6.61 Å². The van der Waals surface area contributed by atoms with Crippen molar-refractivity contribution < 1.29 is 32.6 Å². The number of aryl methyl sites for hydroxylation is 1. The highest BCUT2D eigenvalue weighted by atomic mass is 19.4. The first-order valence-corrected chi connectivity index (χ1v) is 9.24. The second-order valence-corrected chi connectivity index (χ2v) is 6.89. The largest absolute Gasteiger partial charge is 0.463 e. The highest BCUT2D eigenvalue weighted by Crippen LogP contribution is 2.41. The maximum Gasteiger partial charge on any atom is 0.432 e. The minimum Gasteiger partial charge on any atom is -0.463 e. The lowest BCUT2D eigenvalue weighted by Gasteiger charge is -2.29. The summed E-state index contributed by atoms with van der Waals surface area (Å²) in [6.07, 6.45) is -0.250. The normalized spacial score (nSPS) is 17.5. The Morgan fingerprint density at radius 1 is 1.21 bits per heavy atom. The van der Waals surface area contributed by atoms with Crippen molar-refractivity contribution in [2.45, 2.75) is 63.8 Å². The number of alkyl halides is 3. The van der Waals surface area contributed by atoms with Gasteiger partial charge in [0.1, 0.15) is 0 Å². The van der Waals surface area contributed by atoms with Crippen molar-refractivity contribution in [3.05, 3.63) is 29.3 Å². The number of hydrogen-bond donors (Lipinski definition) is 3. The molecule has 156 valence electrons. The molecule has 1 saturated carbocycles. The quantitative estimate of drug-likeness (QED) is 0.655. The molecule has 0 bridgehead atoms. The van der Waals surface area contributed by atoms with Crippen molar-refractivity contribution in [3.8, 4) is 0 Å². The van der Waals surface area contributed by atoms with Gasteiger partial charge in [-0.3, -0.25) is 0 Å². The van der Waals surface area contributed by atoms with Crippen molar-refractivity contribution in [2.75, 3.05) is 11.9 Å². The first kappa shape index (κ1) is 22.0. The minimum absolute atomic E-state index is 0.0764. The van der Waals surface area contributed by atoms with E-state index in [9.17, 15) is 27.9 Å². The average molecular weight is 402 g/mol. The van der Waals surface area contributed by atoms with Gasteiger partial charge in [0, 0.05) is 17.3 Å². The smallest absolute Gasteiger partial charge is 0.432 e. The van der Waals surface area contributed by atoms with E-state index in [1.54, 1.807) is 0 Å². The summed E-state index contributed by atoms with van der Waals surface area (Å²) in [5, 5.41) is 15.6. The molecule has 0 heterocycles. The Balaban J connectivity index is 2.19. The second-order valence-electron chi connectivity index (χ2n) is 6.89. The van der Waals surface area contributed by atoms with E-state index in [0.717, 1.165) is 44.2 Å². The van der Waals surface area contributed by atoms with Crippen LogP contribution in [-0.2, 0) is 15.1 Å². The lowest BCUT2D eigenvalue weighted by molar-refractivity contribution is -0.267. The van der Waals surface area contributed by atoms with E-state index < -0.39 is 29.3 Å². The molecule has 6 nitrogen and oxygen atoms in total. The molecule has 1 aromatic rings. The molecule has 28 heavy (non-hydrogen) atoms. The summed E-state index contributed by atoms with van der Waals surface area (Å²) in [6, 6.07) is 2.82. The number of aliphatic hydroxyl groups is 1. The van der Waals surface area contributed by atoms with E-state index in [2.05, 4.69) is 15.4 Å². The summed E-state index contributed by atoms with van der Waals surface area (Å²) in [5.41, 5.74) is -3.90. The summed E-state index contributed by atoms with van der Waals surface area (Å²) in [4.78, 5) is 24.0. The van der Waals surface area contributed by atoms with E-state index in [4.69, 9.17) is 0 Å². The number of ether oxygens (including phenoxy) is 1. The number of rotatable bonds is 5. The van der Waals surface area contributed by atoms with Crippen molar-refractivity contribution in [1.82, 2.24) is 5.32 Å². The molecule has 1 fully saturated rings. The summed E-state index contributed by atoms with van der Waals surface area (Å²) < 4.78 is 44.7. The van der Waals surface area contributed by atoms with Crippen LogP contribution in [0.2, 0.25) is 0 Å². The molecule has 2 amide bonds. The first-order chi connectivity index (χ1) is 13.1. The highest BCUT2D eigenvalue weighted by molar-refractivity contribution is 5.90. The van der Waals surface area contributed by atoms with Gasteiger partial charge in [0.2, 0.25) is 0 Å². The Morgan fingerprint density at radius 2 is 1.86 bits per heavy atom. The molecule has 1 aliphatic rings. The Hall–Kier alpha value is -2.29. The summed E-state index contributed by atoms with van der Waals surface area (Å²) >= 11 is 0. The first-order valence-electron chi connectivity index (χ1n) is 9.24. The minimum atomic E-state index is -5.26. The monoisotopic (exact) mass is 402 g/mol. The Morgan fingerprint density at radius 3 is 2.39 bits per heavy atom. The van der Waals surface area contributed by atoms with Gasteiger partial charge in [-0.25, -0.2) is 9.59 Å². The van der Waals surface area contributed by atoms with Crippen LogP contribution < -0.4 is 10.6 Å². The Labute approximate surface area is 161 Å². The third-order valence-corrected chi connectivity index (χ3v) is 4.81. The van der Waals surface area contributed by atoms with Crippen LogP contribution in [0, 0.1) is 6.92 Å². The fraction of sp³-hybridized carbons (Fsp3) is 0.579. The molecule has 9 heteroatoms. The molecule has 0 radical (unpaired) electrons. The molecule has 1 aliphatic carbocycles. The van der Waals surface area contributed by atoms with Crippen LogP contribution in [0.25, 0.3) is 0 Å². The number of halogens is 3. The molecule has 1 unspecified atom stereocenters. The number of anilines is 1.